The van der Waals surface area contributed by atoms with E-state index < -0.39 is 79.2 Å². The molecule has 0 aliphatic carbocycles. The van der Waals surface area contributed by atoms with Crippen LogP contribution in [0.4, 0.5) is 28.9 Å². The molecule has 2 unspecified atom stereocenters. The number of aromatic hydroxyl groups is 1. The van der Waals surface area contributed by atoms with Gasteiger partial charge in [0.2, 0.25) is 7.37 Å². The number of phenolic OH excluding ortho intramolecular Hbond substituents is 1. The second-order valence-electron chi connectivity index (χ2n) is 20.1. The fraction of sp³-hybridized carbons (Fsp3) is 0.206. The van der Waals surface area contributed by atoms with Crippen LogP contribution in [0, 0.1) is 23.3 Å². The minimum Gasteiger partial charge on any atom is -0.508 e. The highest BCUT2D eigenvalue weighted by Crippen LogP contribution is 2.47. The first-order valence-electron chi connectivity index (χ1n) is 27.2. The molecule has 0 fully saturated rings. The largest absolute Gasteiger partial charge is 0.508 e. The zero-order valence-corrected chi connectivity index (χ0v) is 53.0. The lowest BCUT2D eigenvalue weighted by atomic mass is 9.81. The number of phenols is 1. The Kier molecular flexibility index (Phi) is 23.4. The van der Waals surface area contributed by atoms with Gasteiger partial charge >= 0.3 is 11.9 Å². The fourth-order valence-electron chi connectivity index (χ4n) is 9.40. The minimum absolute atomic E-state index is 0.00292. The molecular weight excluding hydrogens is 1280 g/mol. The number of ether oxygens (including phenoxy) is 4. The molecule has 91 heavy (non-hydrogen) atoms. The highest BCUT2D eigenvalue weighted by molar-refractivity contribution is 7.57. The Labute approximate surface area is 538 Å². The molecule has 472 valence electrons. The van der Waals surface area contributed by atoms with Gasteiger partial charge in [-0.25, -0.2) is 56.5 Å². The quantitative estimate of drug-likeness (QED) is 0.0148. The number of benzene rings is 6. The summed E-state index contributed by atoms with van der Waals surface area (Å²) in [5, 5.41) is 23.2. The zero-order valence-electron chi connectivity index (χ0n) is 49.0. The van der Waals surface area contributed by atoms with E-state index in [1.54, 1.807) is 26.0 Å². The Hall–Kier alpha value is -8.81. The van der Waals surface area contributed by atoms with E-state index in [1.165, 1.54) is 119 Å². The molecule has 19 nitrogen and oxygen atoms in total. The van der Waals surface area contributed by atoms with Crippen LogP contribution >= 0.6 is 53.2 Å². The van der Waals surface area contributed by atoms with E-state index in [0.717, 1.165) is 41.1 Å². The van der Waals surface area contributed by atoms with Crippen LogP contribution in [0.3, 0.4) is 0 Å². The molecule has 0 aliphatic rings. The van der Waals surface area contributed by atoms with Crippen molar-refractivity contribution in [2.75, 3.05) is 32.3 Å². The lowest BCUT2D eigenvalue weighted by Crippen LogP contribution is -2.42. The lowest BCUT2D eigenvalue weighted by molar-refractivity contribution is -0.148. The summed E-state index contributed by atoms with van der Waals surface area (Å²) in [5.41, 5.74) is 1.50. The molecule has 4 aromatic heterocycles. The number of esters is 2. The summed E-state index contributed by atoms with van der Waals surface area (Å²) in [6.45, 7) is 12.2. The number of aliphatic imine (C=N–C) groups is 2. The molecule has 0 radical (unpaired) electrons. The number of thiazole rings is 2. The van der Waals surface area contributed by atoms with Crippen LogP contribution in [0.15, 0.2) is 180 Å². The van der Waals surface area contributed by atoms with Gasteiger partial charge in [-0.2, -0.15) is 10.2 Å². The first kappa shape index (κ1) is 68.1. The average Bonchev–Trinajstić information content (AvgIpc) is 1.78. The van der Waals surface area contributed by atoms with Crippen molar-refractivity contribution >= 4 is 90.0 Å². The van der Waals surface area contributed by atoms with Crippen molar-refractivity contribution in [2.45, 2.75) is 50.0 Å². The van der Waals surface area contributed by atoms with E-state index in [0.29, 0.717) is 27.1 Å². The molecule has 0 bridgehead atoms. The molecule has 0 saturated heterocycles. The topological polar surface area (TPSA) is 230 Å². The van der Waals surface area contributed by atoms with Crippen LogP contribution in [-0.4, -0.2) is 102 Å². The van der Waals surface area contributed by atoms with Gasteiger partial charge in [-0.1, -0.05) is 62.4 Å². The van der Waals surface area contributed by atoms with Crippen molar-refractivity contribution in [1.82, 2.24) is 39.5 Å². The summed E-state index contributed by atoms with van der Waals surface area (Å²) in [6, 6.07) is 32.8. The molecule has 0 spiro atoms. The van der Waals surface area contributed by atoms with Gasteiger partial charge in [-0.15, -0.1) is 45.9 Å². The molecule has 4 atom stereocenters. The monoisotopic (exact) mass is 1340 g/mol. The van der Waals surface area contributed by atoms with Crippen LogP contribution in [0.5, 0.6) is 11.5 Å². The third-order valence-electron chi connectivity index (χ3n) is 13.9. The van der Waals surface area contributed by atoms with Gasteiger partial charge in [0.05, 0.1) is 62.3 Å². The SMILES string of the molecule is C=Nc1ccc(-c2csc([C@H](C)C(Cn3cncn3)(OCOC(=O)c3cccc(O)c3)c3ccc(F)cc3F)n2)cc1.C=Nc1ccc(-c2csc([C@H](C)C(Cn3cncn3)(OCOC(=O)c3cccc(OP(C)(C)=O)c3)c3ccc(F)cc3F)n2)cc1.ClCCl. The first-order chi connectivity index (χ1) is 43.7. The van der Waals surface area contributed by atoms with E-state index in [1.807, 2.05) is 59.3 Å². The van der Waals surface area contributed by atoms with Gasteiger partial charge in [0.15, 0.2) is 13.6 Å². The predicted molar refractivity (Wildman–Crippen MR) is 340 cm³/mol. The molecular formula is C63H57Cl2F4N10O9PS2. The third-order valence-corrected chi connectivity index (χ3v) is 16.6. The van der Waals surface area contributed by atoms with Crippen LogP contribution < -0.4 is 4.52 Å². The second kappa shape index (κ2) is 31.3. The van der Waals surface area contributed by atoms with Gasteiger partial charge in [0.1, 0.15) is 71.3 Å². The maximum Gasteiger partial charge on any atom is 0.340 e. The minimum atomic E-state index is -2.88. The number of aromatic nitrogens is 8. The van der Waals surface area contributed by atoms with Gasteiger partial charge in [-0.05, 0) is 86.2 Å². The lowest BCUT2D eigenvalue weighted by Gasteiger charge is -2.38. The number of nitrogens with zero attached hydrogens (tertiary/aromatic N) is 10. The molecule has 10 aromatic rings. The van der Waals surface area contributed by atoms with E-state index >= 15 is 8.78 Å². The molecule has 28 heteroatoms. The Morgan fingerprint density at radius 3 is 1.45 bits per heavy atom. The number of carbonyl (C=O) groups is 2. The van der Waals surface area contributed by atoms with Gasteiger partial charge in [0.25, 0.3) is 0 Å². The molecule has 0 amide bonds. The van der Waals surface area contributed by atoms with Gasteiger partial charge in [0, 0.05) is 70.3 Å². The highest BCUT2D eigenvalue weighted by atomic mass is 35.5. The Balaban J connectivity index is 0.000000226. The number of carbonyl (C=O) groups excluding carboxylic acids is 2. The Bertz CT molecular complexity index is 4130. The standard InChI is InChI=1S/C32H30F2N5O5PS.C30H25F2N5O4S.CH2Cl2/c1-21(30-38-29(16-46-30)22-8-11-25(35-2)12-9-22)32(17-39-19-36-18-37-39,27-13-10-24(33)15-28(27)34)43-20-42-31(40)23-6-5-7-26(14-23)44-45(3,4)41;1-19(28-36-27(14-42-28)20-6-9-23(33-2)10-7-20)30(15-37-17-34-16-35-37,25-11-8-22(31)13-26(25)32)41-18-40-29(39)21-4-3-5-24(38)12-21;2-1-3/h5-16,18-19,21H,2,17,20H2,1,3-4H3;3-14,16-17,19,38H,2,15,18H2,1H3;1H2/t21-,32?;19-,30?;/m00./s1. The predicted octanol–water partition coefficient (Wildman–Crippen LogP) is 15.1. The van der Waals surface area contributed by atoms with Crippen molar-refractivity contribution in [3.8, 4) is 34.0 Å². The van der Waals surface area contributed by atoms with E-state index in [4.69, 9.17) is 56.6 Å². The normalized spacial score (nSPS) is 13.2. The summed E-state index contributed by atoms with van der Waals surface area (Å²) in [7, 11) is -2.88. The number of rotatable bonds is 24. The summed E-state index contributed by atoms with van der Waals surface area (Å²) in [5.74, 6) is -5.98. The summed E-state index contributed by atoms with van der Waals surface area (Å²) in [4.78, 5) is 51.3. The van der Waals surface area contributed by atoms with E-state index in [9.17, 15) is 28.0 Å². The maximum absolute atomic E-state index is 15.7. The van der Waals surface area contributed by atoms with E-state index in [-0.39, 0.29) is 52.2 Å². The first-order valence-corrected chi connectivity index (χ1v) is 32.5. The summed E-state index contributed by atoms with van der Waals surface area (Å²) < 4.78 is 103. The Morgan fingerprint density at radius 2 is 1.07 bits per heavy atom. The van der Waals surface area contributed by atoms with Crippen LogP contribution in [0.2, 0.25) is 0 Å². The summed E-state index contributed by atoms with van der Waals surface area (Å²) >= 11 is 12.2. The van der Waals surface area contributed by atoms with Crippen molar-refractivity contribution in [3.05, 3.63) is 225 Å². The van der Waals surface area contributed by atoms with Crippen molar-refractivity contribution < 1.29 is 60.3 Å². The highest BCUT2D eigenvalue weighted by Gasteiger charge is 2.47. The Morgan fingerprint density at radius 1 is 0.637 bits per heavy atom. The average molecular weight is 1340 g/mol. The number of hydrogen-bond acceptors (Lipinski definition) is 19. The zero-order chi connectivity index (χ0) is 65.3. The van der Waals surface area contributed by atoms with E-state index in [2.05, 4.69) is 43.6 Å². The van der Waals surface area contributed by atoms with Crippen molar-refractivity contribution in [2.24, 2.45) is 9.98 Å². The number of hydrogen-bond donors (Lipinski definition) is 1. The maximum atomic E-state index is 15.7. The van der Waals surface area contributed by atoms with Crippen LogP contribution in [0.25, 0.3) is 22.5 Å². The number of halogens is 6. The van der Waals surface area contributed by atoms with Gasteiger partial charge in [-0.3, -0.25) is 14.5 Å². The van der Waals surface area contributed by atoms with Crippen LogP contribution in [-0.2, 0) is 47.8 Å². The van der Waals surface area contributed by atoms with Crippen molar-refractivity contribution in [3.63, 3.8) is 0 Å². The molecule has 4 heterocycles. The molecule has 10 rings (SSSR count). The van der Waals surface area contributed by atoms with Crippen molar-refractivity contribution in [1.29, 1.82) is 0 Å². The smallest absolute Gasteiger partial charge is 0.340 e. The molecule has 0 saturated carbocycles. The second-order valence-corrected chi connectivity index (χ2v) is 25.4. The fourth-order valence-corrected chi connectivity index (χ4v) is 12.0. The van der Waals surface area contributed by atoms with Crippen LogP contribution in [0.1, 0.15) is 67.5 Å². The molecule has 0 aliphatic heterocycles. The molecule has 1 N–H and O–H groups in total. The summed E-state index contributed by atoms with van der Waals surface area (Å²) in [6.07, 6.45) is 5.52. The third kappa shape index (κ3) is 17.6. The number of alkyl halides is 2. The molecule has 6 aromatic carbocycles. The van der Waals surface area contributed by atoms with Gasteiger partial charge < -0.3 is 28.6 Å².